The molecule has 1 aliphatic rings. The van der Waals surface area contributed by atoms with Crippen molar-refractivity contribution in [2.45, 2.75) is 47.0 Å². The highest BCUT2D eigenvalue weighted by Gasteiger charge is 2.46. The van der Waals surface area contributed by atoms with Crippen LogP contribution in [0.4, 0.5) is 0 Å². The van der Waals surface area contributed by atoms with Gasteiger partial charge in [0.2, 0.25) is 0 Å². The SMILES string of the molecule is CCC(C)=CC1CC1(C)CC. The van der Waals surface area contributed by atoms with E-state index >= 15 is 0 Å². The molecule has 0 aromatic heterocycles. The Balaban J connectivity index is 2.44. The minimum atomic E-state index is 0.663. The van der Waals surface area contributed by atoms with E-state index in [1.54, 1.807) is 5.57 Å². The summed E-state index contributed by atoms with van der Waals surface area (Å²) in [6.45, 7) is 9.18. The molecular weight excluding hydrogens is 132 g/mol. The van der Waals surface area contributed by atoms with Gasteiger partial charge in [0, 0.05) is 0 Å². The number of hydrogen-bond donors (Lipinski definition) is 0. The Kier molecular flexibility index (Phi) is 2.41. The second kappa shape index (κ2) is 3.00. The van der Waals surface area contributed by atoms with E-state index in [1.807, 2.05) is 0 Å². The number of hydrogen-bond acceptors (Lipinski definition) is 0. The first-order chi connectivity index (χ1) is 5.12. The molecule has 1 rings (SSSR count). The highest BCUT2D eigenvalue weighted by Crippen LogP contribution is 2.55. The van der Waals surface area contributed by atoms with Gasteiger partial charge in [0.15, 0.2) is 0 Å². The van der Waals surface area contributed by atoms with Crippen LogP contribution in [-0.2, 0) is 0 Å². The van der Waals surface area contributed by atoms with Crippen LogP contribution in [0.2, 0.25) is 0 Å². The summed E-state index contributed by atoms with van der Waals surface area (Å²) in [6.07, 6.45) is 6.45. The number of rotatable bonds is 3. The first-order valence-electron chi connectivity index (χ1n) is 4.79. The Morgan fingerprint density at radius 2 is 2.18 bits per heavy atom. The maximum atomic E-state index is 2.48. The third-order valence-corrected chi connectivity index (χ3v) is 3.27. The lowest BCUT2D eigenvalue weighted by molar-refractivity contribution is 0.517. The van der Waals surface area contributed by atoms with Crippen molar-refractivity contribution in [2.24, 2.45) is 11.3 Å². The molecule has 0 aliphatic heterocycles. The molecule has 0 saturated heterocycles. The van der Waals surface area contributed by atoms with Crippen LogP contribution in [0.1, 0.15) is 47.0 Å². The van der Waals surface area contributed by atoms with Gasteiger partial charge in [-0.3, -0.25) is 0 Å². The highest BCUT2D eigenvalue weighted by atomic mass is 14.5. The summed E-state index contributed by atoms with van der Waals surface area (Å²) in [5.41, 5.74) is 2.23. The Morgan fingerprint density at radius 1 is 1.55 bits per heavy atom. The lowest BCUT2D eigenvalue weighted by Gasteiger charge is -2.04. The van der Waals surface area contributed by atoms with Gasteiger partial charge in [0.05, 0.1) is 0 Å². The second-order valence-corrected chi connectivity index (χ2v) is 4.18. The first kappa shape index (κ1) is 8.83. The van der Waals surface area contributed by atoms with Crippen molar-refractivity contribution in [3.05, 3.63) is 11.6 Å². The third kappa shape index (κ3) is 1.85. The zero-order chi connectivity index (χ0) is 8.48. The molecule has 0 spiro atoms. The quantitative estimate of drug-likeness (QED) is 0.540. The summed E-state index contributed by atoms with van der Waals surface area (Å²) in [7, 11) is 0. The Bertz CT molecular complexity index is 167. The monoisotopic (exact) mass is 152 g/mol. The molecule has 0 amide bonds. The van der Waals surface area contributed by atoms with Crippen LogP contribution in [-0.4, -0.2) is 0 Å². The molecule has 1 fully saturated rings. The molecule has 1 aliphatic carbocycles. The zero-order valence-corrected chi connectivity index (χ0v) is 8.28. The van der Waals surface area contributed by atoms with Crippen LogP contribution in [0.5, 0.6) is 0 Å². The summed E-state index contributed by atoms with van der Waals surface area (Å²) in [6, 6.07) is 0. The van der Waals surface area contributed by atoms with Crippen molar-refractivity contribution in [3.8, 4) is 0 Å². The van der Waals surface area contributed by atoms with Gasteiger partial charge in [-0.2, -0.15) is 0 Å². The fraction of sp³-hybridized carbons (Fsp3) is 0.818. The van der Waals surface area contributed by atoms with E-state index in [-0.39, 0.29) is 0 Å². The molecular formula is C11H20. The Hall–Kier alpha value is -0.260. The average Bonchev–Trinajstić information content (AvgIpc) is 2.63. The molecule has 0 aromatic carbocycles. The molecule has 0 N–H and O–H groups in total. The van der Waals surface area contributed by atoms with Crippen LogP contribution < -0.4 is 0 Å². The van der Waals surface area contributed by atoms with E-state index in [2.05, 4.69) is 33.8 Å². The predicted molar refractivity (Wildman–Crippen MR) is 50.6 cm³/mol. The van der Waals surface area contributed by atoms with Crippen LogP contribution >= 0.6 is 0 Å². The van der Waals surface area contributed by atoms with E-state index in [0.717, 1.165) is 5.92 Å². The molecule has 0 nitrogen and oxygen atoms in total. The minimum absolute atomic E-state index is 0.663. The molecule has 0 bridgehead atoms. The molecule has 2 atom stereocenters. The standard InChI is InChI=1S/C11H20/c1-5-9(3)7-10-8-11(10,4)6-2/h7,10H,5-6,8H2,1-4H3. The molecule has 64 valence electrons. The van der Waals surface area contributed by atoms with Crippen LogP contribution in [0.3, 0.4) is 0 Å². The number of allylic oxidation sites excluding steroid dienone is 2. The minimum Gasteiger partial charge on any atom is -0.0819 e. The zero-order valence-electron chi connectivity index (χ0n) is 8.28. The van der Waals surface area contributed by atoms with Crippen LogP contribution in [0, 0.1) is 11.3 Å². The Labute approximate surface area is 70.7 Å². The highest BCUT2D eigenvalue weighted by molar-refractivity contribution is 5.13. The second-order valence-electron chi connectivity index (χ2n) is 4.18. The van der Waals surface area contributed by atoms with Crippen molar-refractivity contribution >= 4 is 0 Å². The summed E-state index contributed by atoms with van der Waals surface area (Å²) in [5, 5.41) is 0. The van der Waals surface area contributed by atoms with Crippen molar-refractivity contribution in [2.75, 3.05) is 0 Å². The van der Waals surface area contributed by atoms with E-state index in [0.29, 0.717) is 5.41 Å². The van der Waals surface area contributed by atoms with E-state index < -0.39 is 0 Å². The van der Waals surface area contributed by atoms with Gasteiger partial charge in [-0.15, -0.1) is 0 Å². The third-order valence-electron chi connectivity index (χ3n) is 3.27. The van der Waals surface area contributed by atoms with Gasteiger partial charge in [0.25, 0.3) is 0 Å². The van der Waals surface area contributed by atoms with Gasteiger partial charge in [-0.05, 0) is 31.1 Å². The summed E-state index contributed by atoms with van der Waals surface area (Å²) >= 11 is 0. The largest absolute Gasteiger partial charge is 0.0819 e. The van der Waals surface area contributed by atoms with Crippen molar-refractivity contribution in [3.63, 3.8) is 0 Å². The summed E-state index contributed by atoms with van der Waals surface area (Å²) in [4.78, 5) is 0. The normalized spacial score (nSPS) is 37.5. The van der Waals surface area contributed by atoms with Crippen LogP contribution in [0.15, 0.2) is 11.6 Å². The first-order valence-corrected chi connectivity index (χ1v) is 4.79. The topological polar surface area (TPSA) is 0 Å². The smallest absolute Gasteiger partial charge is 0.0171 e. The summed E-state index contributed by atoms with van der Waals surface area (Å²) < 4.78 is 0. The maximum absolute atomic E-state index is 2.48. The van der Waals surface area contributed by atoms with E-state index in [4.69, 9.17) is 0 Å². The fourth-order valence-electron chi connectivity index (χ4n) is 1.57. The average molecular weight is 152 g/mol. The van der Waals surface area contributed by atoms with Gasteiger partial charge >= 0.3 is 0 Å². The molecule has 1 saturated carbocycles. The lowest BCUT2D eigenvalue weighted by Crippen LogP contribution is -1.93. The van der Waals surface area contributed by atoms with Crippen molar-refractivity contribution in [1.82, 2.24) is 0 Å². The van der Waals surface area contributed by atoms with Gasteiger partial charge in [-0.25, -0.2) is 0 Å². The molecule has 0 radical (unpaired) electrons. The molecule has 0 aromatic rings. The molecule has 0 heteroatoms. The predicted octanol–water partition coefficient (Wildman–Crippen LogP) is 3.78. The van der Waals surface area contributed by atoms with Gasteiger partial charge in [0.1, 0.15) is 0 Å². The lowest BCUT2D eigenvalue weighted by atomic mass is 10.0. The summed E-state index contributed by atoms with van der Waals surface area (Å²) in [5.74, 6) is 0.896. The van der Waals surface area contributed by atoms with Gasteiger partial charge in [-0.1, -0.05) is 38.8 Å². The molecule has 2 unspecified atom stereocenters. The van der Waals surface area contributed by atoms with Crippen molar-refractivity contribution in [1.29, 1.82) is 0 Å². The fourth-order valence-corrected chi connectivity index (χ4v) is 1.57. The van der Waals surface area contributed by atoms with Crippen molar-refractivity contribution < 1.29 is 0 Å². The van der Waals surface area contributed by atoms with E-state index in [1.165, 1.54) is 19.3 Å². The Morgan fingerprint density at radius 3 is 2.55 bits per heavy atom. The molecule has 11 heavy (non-hydrogen) atoms. The van der Waals surface area contributed by atoms with Gasteiger partial charge < -0.3 is 0 Å². The maximum Gasteiger partial charge on any atom is -0.0171 e. The van der Waals surface area contributed by atoms with Crippen LogP contribution in [0.25, 0.3) is 0 Å². The van der Waals surface area contributed by atoms with E-state index in [9.17, 15) is 0 Å². The molecule has 0 heterocycles.